The number of likely N-dealkylation sites (tertiary alicyclic amines) is 1. The maximum Gasteiger partial charge on any atom is 0.239 e. The summed E-state index contributed by atoms with van der Waals surface area (Å²) in [6.45, 7) is 5.91. The fourth-order valence-electron chi connectivity index (χ4n) is 2.42. The van der Waals surface area contributed by atoms with Crippen LogP contribution in [0.5, 0.6) is 0 Å². The van der Waals surface area contributed by atoms with Crippen LogP contribution in [0.3, 0.4) is 0 Å². The topological polar surface area (TPSA) is 49.6 Å². The maximum atomic E-state index is 12.2. The Kier molecular flexibility index (Phi) is 5.40. The number of carbonyl (C=O) groups is 1. The summed E-state index contributed by atoms with van der Waals surface area (Å²) in [5, 5.41) is 0. The van der Waals surface area contributed by atoms with E-state index in [2.05, 4.69) is 32.8 Å². The lowest BCUT2D eigenvalue weighted by atomic mass is 10.0. The second kappa shape index (κ2) is 6.36. The molecule has 0 aromatic rings. The van der Waals surface area contributed by atoms with Gasteiger partial charge in [-0.2, -0.15) is 0 Å². The molecule has 4 heteroatoms. The van der Waals surface area contributed by atoms with E-state index in [0.29, 0.717) is 12.0 Å². The van der Waals surface area contributed by atoms with Crippen LogP contribution in [-0.2, 0) is 4.79 Å². The minimum absolute atomic E-state index is 0.130. The van der Waals surface area contributed by atoms with Gasteiger partial charge in [-0.25, -0.2) is 0 Å². The molecule has 0 bridgehead atoms. The Bertz CT molecular complexity index is 253. The molecule has 1 unspecified atom stereocenters. The molecule has 17 heavy (non-hydrogen) atoms. The third-order valence-electron chi connectivity index (χ3n) is 3.48. The molecule has 100 valence electrons. The molecule has 1 rings (SSSR count). The first-order valence-electron chi connectivity index (χ1n) is 6.62. The van der Waals surface area contributed by atoms with Gasteiger partial charge < -0.3 is 15.5 Å². The number of hydrogen-bond donors (Lipinski definition) is 1. The summed E-state index contributed by atoms with van der Waals surface area (Å²) in [6, 6.07) is 0.162. The molecule has 0 saturated carbocycles. The van der Waals surface area contributed by atoms with Gasteiger partial charge in [-0.3, -0.25) is 4.79 Å². The summed E-state index contributed by atoms with van der Waals surface area (Å²) in [4.78, 5) is 16.3. The van der Waals surface area contributed by atoms with E-state index < -0.39 is 0 Å². The van der Waals surface area contributed by atoms with E-state index in [1.165, 1.54) is 6.42 Å². The third kappa shape index (κ3) is 4.28. The van der Waals surface area contributed by atoms with Crippen LogP contribution in [0.2, 0.25) is 0 Å². The van der Waals surface area contributed by atoms with E-state index in [-0.39, 0.29) is 11.9 Å². The highest BCUT2D eigenvalue weighted by atomic mass is 16.2. The van der Waals surface area contributed by atoms with Gasteiger partial charge in [-0.15, -0.1) is 0 Å². The van der Waals surface area contributed by atoms with Gasteiger partial charge >= 0.3 is 0 Å². The van der Waals surface area contributed by atoms with Gasteiger partial charge in [-0.1, -0.05) is 13.8 Å². The van der Waals surface area contributed by atoms with Crippen molar-refractivity contribution in [3.8, 4) is 0 Å². The van der Waals surface area contributed by atoms with E-state index in [9.17, 15) is 4.79 Å². The number of carbonyl (C=O) groups excluding carboxylic acids is 1. The molecule has 1 amide bonds. The summed E-state index contributed by atoms with van der Waals surface area (Å²) < 4.78 is 0. The fourth-order valence-corrected chi connectivity index (χ4v) is 2.42. The fraction of sp³-hybridized carbons (Fsp3) is 0.923. The highest BCUT2D eigenvalue weighted by molar-refractivity contribution is 5.81. The second-order valence-corrected chi connectivity index (χ2v) is 5.78. The van der Waals surface area contributed by atoms with E-state index in [1.807, 2.05) is 4.90 Å². The molecule has 0 radical (unpaired) electrons. The van der Waals surface area contributed by atoms with Crippen molar-refractivity contribution in [3.05, 3.63) is 0 Å². The summed E-state index contributed by atoms with van der Waals surface area (Å²) in [5.41, 5.74) is 5.97. The maximum absolute atomic E-state index is 12.2. The van der Waals surface area contributed by atoms with Crippen molar-refractivity contribution >= 4 is 5.91 Å². The Balaban J connectivity index is 2.51. The zero-order valence-corrected chi connectivity index (χ0v) is 11.6. The first kappa shape index (κ1) is 14.5. The van der Waals surface area contributed by atoms with Crippen LogP contribution in [0.15, 0.2) is 0 Å². The SMILES string of the molecule is CC(C)C[C@@H](N)C(=O)N1CCCC(N(C)C)C1. The smallest absolute Gasteiger partial charge is 0.239 e. The summed E-state index contributed by atoms with van der Waals surface area (Å²) in [6.07, 6.45) is 3.04. The molecule has 1 saturated heterocycles. The van der Waals surface area contributed by atoms with Crippen LogP contribution >= 0.6 is 0 Å². The van der Waals surface area contributed by atoms with Crippen LogP contribution in [-0.4, -0.2) is 55.0 Å². The Morgan fingerprint density at radius 2 is 2.12 bits per heavy atom. The molecular formula is C13H27N3O. The molecule has 0 aromatic carbocycles. The van der Waals surface area contributed by atoms with Gasteiger partial charge in [0.1, 0.15) is 0 Å². The number of rotatable bonds is 4. The molecule has 1 aliphatic rings. The van der Waals surface area contributed by atoms with Crippen molar-refractivity contribution in [3.63, 3.8) is 0 Å². The van der Waals surface area contributed by atoms with Gasteiger partial charge in [0.2, 0.25) is 5.91 Å². The molecule has 0 aliphatic carbocycles. The molecule has 1 fully saturated rings. The lowest BCUT2D eigenvalue weighted by Crippen LogP contribution is -2.52. The van der Waals surface area contributed by atoms with Crippen molar-refractivity contribution in [1.82, 2.24) is 9.80 Å². The van der Waals surface area contributed by atoms with Gasteiger partial charge in [-0.05, 0) is 39.3 Å². The predicted molar refractivity (Wildman–Crippen MR) is 70.7 cm³/mol. The molecule has 2 atom stereocenters. The number of piperidine rings is 1. The number of nitrogens with zero attached hydrogens (tertiary/aromatic N) is 2. The van der Waals surface area contributed by atoms with E-state index in [1.54, 1.807) is 0 Å². The lowest BCUT2D eigenvalue weighted by molar-refractivity contribution is -0.134. The normalized spacial score (nSPS) is 23.2. The van der Waals surface area contributed by atoms with E-state index in [4.69, 9.17) is 5.73 Å². The largest absolute Gasteiger partial charge is 0.340 e. The van der Waals surface area contributed by atoms with Crippen molar-refractivity contribution in [2.45, 2.75) is 45.2 Å². The molecular weight excluding hydrogens is 214 g/mol. The summed E-state index contributed by atoms with van der Waals surface area (Å²) >= 11 is 0. The summed E-state index contributed by atoms with van der Waals surface area (Å²) in [5.74, 6) is 0.605. The Morgan fingerprint density at radius 1 is 1.47 bits per heavy atom. The van der Waals surface area contributed by atoms with Crippen LogP contribution in [0.4, 0.5) is 0 Å². The van der Waals surface area contributed by atoms with Crippen molar-refractivity contribution in [2.75, 3.05) is 27.2 Å². The van der Waals surface area contributed by atoms with Crippen LogP contribution in [0.1, 0.15) is 33.1 Å². The van der Waals surface area contributed by atoms with Gasteiger partial charge in [0, 0.05) is 19.1 Å². The monoisotopic (exact) mass is 241 g/mol. The number of hydrogen-bond acceptors (Lipinski definition) is 3. The molecule has 2 N–H and O–H groups in total. The first-order chi connectivity index (χ1) is 7.91. The number of amides is 1. The predicted octanol–water partition coefficient (Wildman–Crippen LogP) is 0.912. The standard InChI is InChI=1S/C13H27N3O/c1-10(2)8-12(14)13(17)16-7-5-6-11(9-16)15(3)4/h10-12H,5-9,14H2,1-4H3/t11?,12-/m1/s1. The van der Waals surface area contributed by atoms with Crippen molar-refractivity contribution < 1.29 is 4.79 Å². The van der Waals surface area contributed by atoms with Gasteiger partial charge in [0.25, 0.3) is 0 Å². The zero-order valence-electron chi connectivity index (χ0n) is 11.6. The minimum atomic E-state index is -0.323. The number of nitrogens with two attached hydrogens (primary N) is 1. The Labute approximate surface area is 105 Å². The van der Waals surface area contributed by atoms with Gasteiger partial charge in [0.15, 0.2) is 0 Å². The van der Waals surface area contributed by atoms with Crippen molar-refractivity contribution in [2.24, 2.45) is 11.7 Å². The molecule has 1 heterocycles. The van der Waals surface area contributed by atoms with Gasteiger partial charge in [0.05, 0.1) is 6.04 Å². The van der Waals surface area contributed by atoms with Crippen LogP contribution < -0.4 is 5.73 Å². The molecule has 1 aliphatic heterocycles. The third-order valence-corrected chi connectivity index (χ3v) is 3.48. The minimum Gasteiger partial charge on any atom is -0.340 e. The lowest BCUT2D eigenvalue weighted by Gasteiger charge is -2.37. The summed E-state index contributed by atoms with van der Waals surface area (Å²) in [7, 11) is 4.15. The van der Waals surface area contributed by atoms with E-state index in [0.717, 1.165) is 25.9 Å². The molecule has 0 spiro atoms. The van der Waals surface area contributed by atoms with Crippen LogP contribution in [0, 0.1) is 5.92 Å². The second-order valence-electron chi connectivity index (χ2n) is 5.78. The highest BCUT2D eigenvalue weighted by Crippen LogP contribution is 2.15. The number of likely N-dealkylation sites (N-methyl/N-ethyl adjacent to an activating group) is 1. The molecule has 4 nitrogen and oxygen atoms in total. The first-order valence-corrected chi connectivity index (χ1v) is 6.62. The quantitative estimate of drug-likeness (QED) is 0.796. The molecule has 0 aromatic heterocycles. The average Bonchev–Trinajstić information content (AvgIpc) is 2.27. The Hall–Kier alpha value is -0.610. The van der Waals surface area contributed by atoms with Crippen LogP contribution in [0.25, 0.3) is 0 Å². The van der Waals surface area contributed by atoms with Crippen molar-refractivity contribution in [1.29, 1.82) is 0 Å². The Morgan fingerprint density at radius 3 is 2.65 bits per heavy atom. The van der Waals surface area contributed by atoms with E-state index >= 15 is 0 Å². The average molecular weight is 241 g/mol. The zero-order chi connectivity index (χ0) is 13.0. The highest BCUT2D eigenvalue weighted by Gasteiger charge is 2.28.